The monoisotopic (exact) mass is 270 g/mol. The van der Waals surface area contributed by atoms with Crippen molar-refractivity contribution in [3.05, 3.63) is 29.8 Å². The number of benzene rings is 1. The predicted octanol–water partition coefficient (Wildman–Crippen LogP) is 1.04. The van der Waals surface area contributed by atoms with Crippen LogP contribution in [0.2, 0.25) is 0 Å². The van der Waals surface area contributed by atoms with Gasteiger partial charge in [0.1, 0.15) is 11.9 Å². The number of ether oxygens (including phenoxy) is 2. The Morgan fingerprint density at radius 2 is 2.17 bits per heavy atom. The second-order valence-electron chi connectivity index (χ2n) is 4.16. The third-order valence-electron chi connectivity index (χ3n) is 2.75. The standard InChI is InChI=1S/C12H14O5S/c1-16-12(13)9-3-2-4-10(7-9)17-11-5-6-18(14,15)8-11/h2-4,7,11H,5-6,8H2,1H3. The van der Waals surface area contributed by atoms with Crippen molar-refractivity contribution in [3.63, 3.8) is 0 Å². The fourth-order valence-corrected chi connectivity index (χ4v) is 3.45. The highest BCUT2D eigenvalue weighted by Gasteiger charge is 2.29. The average Bonchev–Trinajstić information content (AvgIpc) is 2.68. The van der Waals surface area contributed by atoms with Gasteiger partial charge in [0.2, 0.25) is 0 Å². The largest absolute Gasteiger partial charge is 0.489 e. The van der Waals surface area contributed by atoms with Gasteiger partial charge in [0.25, 0.3) is 0 Å². The van der Waals surface area contributed by atoms with E-state index in [0.29, 0.717) is 17.7 Å². The van der Waals surface area contributed by atoms with Crippen LogP contribution in [-0.4, -0.2) is 39.1 Å². The van der Waals surface area contributed by atoms with E-state index in [1.807, 2.05) is 0 Å². The normalized spacial score (nSPS) is 21.5. The first-order chi connectivity index (χ1) is 8.50. The van der Waals surface area contributed by atoms with E-state index in [0.717, 1.165) is 0 Å². The lowest BCUT2D eigenvalue weighted by Crippen LogP contribution is -2.17. The molecule has 0 bridgehead atoms. The Labute approximate surface area is 106 Å². The molecule has 18 heavy (non-hydrogen) atoms. The van der Waals surface area contributed by atoms with Gasteiger partial charge in [-0.2, -0.15) is 0 Å². The van der Waals surface area contributed by atoms with Gasteiger partial charge in [0.05, 0.1) is 24.2 Å². The summed E-state index contributed by atoms with van der Waals surface area (Å²) in [7, 11) is -1.66. The minimum Gasteiger partial charge on any atom is -0.489 e. The molecule has 1 aromatic rings. The van der Waals surface area contributed by atoms with Crippen molar-refractivity contribution in [1.29, 1.82) is 0 Å². The molecular formula is C12H14O5S. The molecule has 1 unspecified atom stereocenters. The van der Waals surface area contributed by atoms with E-state index >= 15 is 0 Å². The fraction of sp³-hybridized carbons (Fsp3) is 0.417. The topological polar surface area (TPSA) is 69.7 Å². The zero-order valence-corrected chi connectivity index (χ0v) is 10.8. The molecule has 0 spiro atoms. The van der Waals surface area contributed by atoms with Gasteiger partial charge in [-0.1, -0.05) is 6.07 Å². The van der Waals surface area contributed by atoms with Crippen molar-refractivity contribution in [2.45, 2.75) is 12.5 Å². The van der Waals surface area contributed by atoms with Crippen molar-refractivity contribution < 1.29 is 22.7 Å². The van der Waals surface area contributed by atoms with Crippen LogP contribution >= 0.6 is 0 Å². The van der Waals surface area contributed by atoms with Crippen molar-refractivity contribution in [1.82, 2.24) is 0 Å². The quantitative estimate of drug-likeness (QED) is 0.767. The number of carbonyl (C=O) groups excluding carboxylic acids is 1. The third kappa shape index (κ3) is 3.01. The Hall–Kier alpha value is -1.56. The van der Waals surface area contributed by atoms with Gasteiger partial charge in [0, 0.05) is 0 Å². The lowest BCUT2D eigenvalue weighted by molar-refractivity contribution is 0.0600. The maximum atomic E-state index is 11.3. The molecule has 2 rings (SSSR count). The van der Waals surface area contributed by atoms with Crippen LogP contribution in [-0.2, 0) is 14.6 Å². The summed E-state index contributed by atoms with van der Waals surface area (Å²) in [5.74, 6) is 0.239. The number of rotatable bonds is 3. The molecule has 1 aliphatic rings. The van der Waals surface area contributed by atoms with E-state index < -0.39 is 15.8 Å². The number of sulfone groups is 1. The maximum absolute atomic E-state index is 11.3. The first-order valence-electron chi connectivity index (χ1n) is 5.55. The molecule has 1 heterocycles. The minimum absolute atomic E-state index is 0.0372. The molecule has 5 nitrogen and oxygen atoms in total. The fourth-order valence-electron chi connectivity index (χ4n) is 1.86. The van der Waals surface area contributed by atoms with Crippen LogP contribution in [0.1, 0.15) is 16.8 Å². The summed E-state index contributed by atoms with van der Waals surface area (Å²) in [6.45, 7) is 0. The van der Waals surface area contributed by atoms with Crippen molar-refractivity contribution in [2.75, 3.05) is 18.6 Å². The lowest BCUT2D eigenvalue weighted by Gasteiger charge is -2.12. The summed E-state index contributed by atoms with van der Waals surface area (Å²) < 4.78 is 32.8. The highest BCUT2D eigenvalue weighted by Crippen LogP contribution is 2.21. The Morgan fingerprint density at radius 1 is 1.39 bits per heavy atom. The third-order valence-corrected chi connectivity index (χ3v) is 4.49. The summed E-state index contributed by atoms with van der Waals surface area (Å²) in [6, 6.07) is 6.53. The van der Waals surface area contributed by atoms with Crippen LogP contribution in [0.25, 0.3) is 0 Å². The van der Waals surface area contributed by atoms with Gasteiger partial charge in [0.15, 0.2) is 9.84 Å². The number of hydrogen-bond donors (Lipinski definition) is 0. The molecule has 0 aliphatic carbocycles. The van der Waals surface area contributed by atoms with Crippen LogP contribution in [0.15, 0.2) is 24.3 Å². The zero-order valence-electron chi connectivity index (χ0n) is 9.96. The van der Waals surface area contributed by atoms with E-state index in [4.69, 9.17) is 4.74 Å². The first kappa shape index (κ1) is 12.9. The van der Waals surface area contributed by atoms with Gasteiger partial charge in [-0.15, -0.1) is 0 Å². The summed E-state index contributed by atoms with van der Waals surface area (Å²) in [5.41, 5.74) is 0.385. The number of methoxy groups -OCH3 is 1. The predicted molar refractivity (Wildman–Crippen MR) is 65.5 cm³/mol. The summed E-state index contributed by atoms with van der Waals surface area (Å²) in [4.78, 5) is 11.3. The van der Waals surface area contributed by atoms with E-state index in [1.165, 1.54) is 7.11 Å². The Balaban J connectivity index is 2.08. The first-order valence-corrected chi connectivity index (χ1v) is 7.38. The van der Waals surface area contributed by atoms with Crippen LogP contribution in [0, 0.1) is 0 Å². The SMILES string of the molecule is COC(=O)c1cccc(OC2CCS(=O)(=O)C2)c1. The van der Waals surface area contributed by atoms with Gasteiger partial charge < -0.3 is 9.47 Å². The van der Waals surface area contributed by atoms with Crippen molar-refractivity contribution in [2.24, 2.45) is 0 Å². The molecule has 1 atom stereocenters. The molecule has 0 amide bonds. The Kier molecular flexibility index (Phi) is 3.56. The molecule has 0 saturated carbocycles. The van der Waals surface area contributed by atoms with E-state index in [1.54, 1.807) is 24.3 Å². The number of esters is 1. The smallest absolute Gasteiger partial charge is 0.337 e. The summed E-state index contributed by atoms with van der Waals surface area (Å²) in [6.07, 6.45) is 0.160. The highest BCUT2D eigenvalue weighted by atomic mass is 32.2. The van der Waals surface area contributed by atoms with Gasteiger partial charge in [-0.3, -0.25) is 0 Å². The molecule has 98 valence electrons. The highest BCUT2D eigenvalue weighted by molar-refractivity contribution is 7.91. The number of carbonyl (C=O) groups is 1. The second-order valence-corrected chi connectivity index (χ2v) is 6.39. The van der Waals surface area contributed by atoms with Crippen molar-refractivity contribution in [3.8, 4) is 5.75 Å². The lowest BCUT2D eigenvalue weighted by atomic mass is 10.2. The summed E-state index contributed by atoms with van der Waals surface area (Å²) >= 11 is 0. The van der Waals surface area contributed by atoms with E-state index in [9.17, 15) is 13.2 Å². The van der Waals surface area contributed by atoms with Gasteiger partial charge in [-0.05, 0) is 24.6 Å². The van der Waals surface area contributed by atoms with Crippen molar-refractivity contribution >= 4 is 15.8 Å². The van der Waals surface area contributed by atoms with Crippen LogP contribution < -0.4 is 4.74 Å². The Bertz CT molecular complexity index is 549. The molecule has 0 radical (unpaired) electrons. The minimum atomic E-state index is -2.96. The molecule has 0 N–H and O–H groups in total. The second kappa shape index (κ2) is 4.97. The zero-order chi connectivity index (χ0) is 13.2. The average molecular weight is 270 g/mol. The maximum Gasteiger partial charge on any atom is 0.337 e. The molecule has 1 saturated heterocycles. The van der Waals surface area contributed by atoms with Crippen LogP contribution in [0.4, 0.5) is 0 Å². The van der Waals surface area contributed by atoms with E-state index in [2.05, 4.69) is 4.74 Å². The molecular weight excluding hydrogens is 256 g/mol. The van der Waals surface area contributed by atoms with Crippen LogP contribution in [0.5, 0.6) is 5.75 Å². The molecule has 0 aromatic heterocycles. The van der Waals surface area contributed by atoms with E-state index in [-0.39, 0.29) is 17.6 Å². The molecule has 1 aromatic carbocycles. The van der Waals surface area contributed by atoms with Gasteiger partial charge >= 0.3 is 5.97 Å². The molecule has 6 heteroatoms. The summed E-state index contributed by atoms with van der Waals surface area (Å²) in [5, 5.41) is 0. The number of hydrogen-bond acceptors (Lipinski definition) is 5. The van der Waals surface area contributed by atoms with Crippen LogP contribution in [0.3, 0.4) is 0 Å². The molecule has 1 fully saturated rings. The Morgan fingerprint density at radius 3 is 2.78 bits per heavy atom. The van der Waals surface area contributed by atoms with Gasteiger partial charge in [-0.25, -0.2) is 13.2 Å². The molecule has 1 aliphatic heterocycles.